The molecule has 0 bridgehead atoms. The summed E-state index contributed by atoms with van der Waals surface area (Å²) in [5, 5.41) is 2.83. The molecule has 1 aliphatic rings. The van der Waals surface area contributed by atoms with Gasteiger partial charge in [0.05, 0.1) is 22.9 Å². The van der Waals surface area contributed by atoms with Gasteiger partial charge in [0.1, 0.15) is 5.75 Å². The van der Waals surface area contributed by atoms with E-state index in [1.807, 2.05) is 20.8 Å². The van der Waals surface area contributed by atoms with Gasteiger partial charge in [0.15, 0.2) is 9.84 Å². The van der Waals surface area contributed by atoms with Crippen LogP contribution in [0.5, 0.6) is 5.75 Å². The smallest absolute Gasteiger partial charge is 0.185 e. The first-order valence-corrected chi connectivity index (χ1v) is 7.59. The van der Waals surface area contributed by atoms with E-state index < -0.39 is 9.84 Å². The maximum absolute atomic E-state index is 12.6. The molecule has 1 atom stereocenters. The van der Waals surface area contributed by atoms with Crippen LogP contribution in [0, 0.1) is 12.8 Å². The van der Waals surface area contributed by atoms with Crippen LogP contribution < -0.4 is 10.1 Å². The molecule has 100 valence electrons. The Morgan fingerprint density at radius 1 is 1.39 bits per heavy atom. The Hall–Kier alpha value is -1.23. The molecule has 1 aromatic rings. The van der Waals surface area contributed by atoms with Gasteiger partial charge in [-0.05, 0) is 24.5 Å². The molecule has 18 heavy (non-hydrogen) atoms. The average Bonchev–Trinajstić information content (AvgIpc) is 2.27. The number of hydrogen-bond acceptors (Lipinski definition) is 4. The van der Waals surface area contributed by atoms with Crippen molar-refractivity contribution < 1.29 is 13.2 Å². The van der Waals surface area contributed by atoms with Gasteiger partial charge in [0, 0.05) is 6.54 Å². The van der Waals surface area contributed by atoms with E-state index in [1.54, 1.807) is 19.2 Å². The SMILES string of the molecule is COc1ccc(C)c2c1NCC(C(C)C)S2(=O)=O. The van der Waals surface area contributed by atoms with Crippen LogP contribution in [0.2, 0.25) is 0 Å². The van der Waals surface area contributed by atoms with Crippen LogP contribution in [0.15, 0.2) is 17.0 Å². The third-order valence-electron chi connectivity index (χ3n) is 3.44. The Bertz CT molecular complexity index is 564. The predicted octanol–water partition coefficient (Wildman–Crippen LogP) is 2.23. The van der Waals surface area contributed by atoms with Crippen molar-refractivity contribution in [1.29, 1.82) is 0 Å². The van der Waals surface area contributed by atoms with E-state index in [2.05, 4.69) is 5.32 Å². The van der Waals surface area contributed by atoms with E-state index in [4.69, 9.17) is 4.74 Å². The number of ether oxygens (including phenoxy) is 1. The first-order valence-electron chi connectivity index (χ1n) is 6.05. The summed E-state index contributed by atoms with van der Waals surface area (Å²) in [6.07, 6.45) is 0. The topological polar surface area (TPSA) is 55.4 Å². The van der Waals surface area contributed by atoms with Crippen molar-refractivity contribution in [2.45, 2.75) is 30.9 Å². The Morgan fingerprint density at radius 2 is 2.06 bits per heavy atom. The van der Waals surface area contributed by atoms with Gasteiger partial charge in [0.25, 0.3) is 0 Å². The van der Waals surface area contributed by atoms with Gasteiger partial charge in [-0.3, -0.25) is 0 Å². The summed E-state index contributed by atoms with van der Waals surface area (Å²) < 4.78 is 30.5. The third-order valence-corrected chi connectivity index (χ3v) is 6.05. The molecule has 2 rings (SSSR count). The molecule has 1 heterocycles. The molecule has 4 nitrogen and oxygen atoms in total. The lowest BCUT2D eigenvalue weighted by Crippen LogP contribution is -2.38. The molecule has 1 aliphatic heterocycles. The van der Waals surface area contributed by atoms with Crippen molar-refractivity contribution in [3.8, 4) is 5.75 Å². The molecule has 0 saturated carbocycles. The first kappa shape index (κ1) is 13.2. The van der Waals surface area contributed by atoms with Crippen LogP contribution in [0.3, 0.4) is 0 Å². The Morgan fingerprint density at radius 3 is 2.61 bits per heavy atom. The monoisotopic (exact) mass is 269 g/mol. The molecular formula is C13H19NO3S. The molecule has 0 spiro atoms. The molecule has 1 aromatic carbocycles. The molecule has 0 aromatic heterocycles. The zero-order valence-corrected chi connectivity index (χ0v) is 12.0. The summed E-state index contributed by atoms with van der Waals surface area (Å²) in [5.74, 6) is 0.669. The van der Waals surface area contributed by atoms with Crippen molar-refractivity contribution in [3.05, 3.63) is 17.7 Å². The molecule has 0 aliphatic carbocycles. The lowest BCUT2D eigenvalue weighted by Gasteiger charge is -2.30. The lowest BCUT2D eigenvalue weighted by molar-refractivity contribution is 0.414. The van der Waals surface area contributed by atoms with E-state index in [-0.39, 0.29) is 11.2 Å². The molecule has 0 fully saturated rings. The number of aryl methyl sites for hydroxylation is 1. The third kappa shape index (κ3) is 1.86. The Kier molecular flexibility index (Phi) is 3.27. The minimum absolute atomic E-state index is 0.0845. The number of hydrogen-bond donors (Lipinski definition) is 1. The van der Waals surface area contributed by atoms with Crippen molar-refractivity contribution in [2.24, 2.45) is 5.92 Å². The molecular weight excluding hydrogens is 250 g/mol. The lowest BCUT2D eigenvalue weighted by atomic mass is 10.1. The summed E-state index contributed by atoms with van der Waals surface area (Å²) in [6, 6.07) is 3.59. The van der Waals surface area contributed by atoms with Gasteiger partial charge in [-0.15, -0.1) is 0 Å². The molecule has 0 amide bonds. The van der Waals surface area contributed by atoms with E-state index in [0.29, 0.717) is 22.9 Å². The average molecular weight is 269 g/mol. The second-order valence-corrected chi connectivity index (χ2v) is 7.10. The van der Waals surface area contributed by atoms with Gasteiger partial charge >= 0.3 is 0 Å². The molecule has 5 heteroatoms. The quantitative estimate of drug-likeness (QED) is 0.894. The zero-order valence-electron chi connectivity index (χ0n) is 11.1. The van der Waals surface area contributed by atoms with Crippen molar-refractivity contribution >= 4 is 15.5 Å². The van der Waals surface area contributed by atoms with Crippen LogP contribution in [-0.2, 0) is 9.84 Å². The maximum Gasteiger partial charge on any atom is 0.185 e. The van der Waals surface area contributed by atoms with Gasteiger partial charge in [-0.2, -0.15) is 0 Å². The van der Waals surface area contributed by atoms with Crippen LogP contribution in [-0.4, -0.2) is 27.3 Å². The molecule has 1 unspecified atom stereocenters. The summed E-state index contributed by atoms with van der Waals surface area (Å²) >= 11 is 0. The summed E-state index contributed by atoms with van der Waals surface area (Å²) in [7, 11) is -1.74. The van der Waals surface area contributed by atoms with E-state index >= 15 is 0 Å². The van der Waals surface area contributed by atoms with E-state index in [9.17, 15) is 8.42 Å². The Balaban J connectivity index is 2.68. The minimum atomic E-state index is -3.29. The van der Waals surface area contributed by atoms with Gasteiger partial charge in [-0.1, -0.05) is 19.9 Å². The van der Waals surface area contributed by atoms with E-state index in [0.717, 1.165) is 5.56 Å². The number of sulfone groups is 1. The number of nitrogens with one attached hydrogen (secondary N) is 1. The molecule has 0 radical (unpaired) electrons. The van der Waals surface area contributed by atoms with Crippen LogP contribution in [0.4, 0.5) is 5.69 Å². The molecule has 1 N–H and O–H groups in total. The van der Waals surface area contributed by atoms with Crippen molar-refractivity contribution in [2.75, 3.05) is 19.0 Å². The zero-order chi connectivity index (χ0) is 13.5. The largest absolute Gasteiger partial charge is 0.495 e. The summed E-state index contributed by atoms with van der Waals surface area (Å²) in [4.78, 5) is 0.395. The fraction of sp³-hybridized carbons (Fsp3) is 0.538. The highest BCUT2D eigenvalue weighted by atomic mass is 32.2. The van der Waals surface area contributed by atoms with Gasteiger partial charge in [-0.25, -0.2) is 8.42 Å². The second-order valence-electron chi connectivity index (χ2n) is 5.00. The number of fused-ring (bicyclic) bond motifs is 1. The fourth-order valence-corrected chi connectivity index (χ4v) is 4.73. The van der Waals surface area contributed by atoms with Crippen molar-refractivity contribution in [3.63, 3.8) is 0 Å². The minimum Gasteiger partial charge on any atom is -0.495 e. The van der Waals surface area contributed by atoms with Crippen LogP contribution in [0.25, 0.3) is 0 Å². The van der Waals surface area contributed by atoms with E-state index in [1.165, 1.54) is 0 Å². The number of anilines is 1. The number of benzene rings is 1. The maximum atomic E-state index is 12.6. The second kappa shape index (κ2) is 4.46. The normalized spacial score (nSPS) is 21.3. The molecule has 0 saturated heterocycles. The number of rotatable bonds is 2. The predicted molar refractivity (Wildman–Crippen MR) is 72.0 cm³/mol. The van der Waals surface area contributed by atoms with Gasteiger partial charge in [0.2, 0.25) is 0 Å². The van der Waals surface area contributed by atoms with Crippen LogP contribution >= 0.6 is 0 Å². The Labute approximate surface area is 108 Å². The highest BCUT2D eigenvalue weighted by Gasteiger charge is 2.38. The van der Waals surface area contributed by atoms with Gasteiger partial charge < -0.3 is 10.1 Å². The van der Waals surface area contributed by atoms with Crippen LogP contribution in [0.1, 0.15) is 19.4 Å². The highest BCUT2D eigenvalue weighted by molar-refractivity contribution is 7.92. The first-order chi connectivity index (χ1) is 8.39. The van der Waals surface area contributed by atoms with Crippen molar-refractivity contribution in [1.82, 2.24) is 0 Å². The standard InChI is InChI=1S/C13H19NO3S/c1-8(2)11-7-14-12-10(17-4)6-5-9(3)13(12)18(11,15)16/h5-6,8,11,14H,7H2,1-4H3. The number of methoxy groups -OCH3 is 1. The summed E-state index contributed by atoms with van der Waals surface area (Å²) in [6.45, 7) is 6.13. The fourth-order valence-electron chi connectivity index (χ4n) is 2.43. The highest BCUT2D eigenvalue weighted by Crippen LogP contribution is 2.40. The summed E-state index contributed by atoms with van der Waals surface area (Å²) in [5.41, 5.74) is 1.37.